The molecule has 130 valence electrons. The first kappa shape index (κ1) is 17.2. The molecule has 0 aliphatic carbocycles. The Balaban J connectivity index is 1.67. The van der Waals surface area contributed by atoms with E-state index in [4.69, 9.17) is 0 Å². The molecule has 0 radical (unpaired) electrons. The quantitative estimate of drug-likeness (QED) is 0.807. The van der Waals surface area contributed by atoms with Crippen LogP contribution in [0.25, 0.3) is 11.0 Å². The first-order valence-electron chi connectivity index (χ1n) is 7.23. The van der Waals surface area contributed by atoms with Gasteiger partial charge in [-0.2, -0.15) is 8.78 Å². The van der Waals surface area contributed by atoms with Crippen molar-refractivity contribution in [3.05, 3.63) is 24.3 Å². The standard InChI is InChI=1S/C14H15F2N3O3S2/c15-13(16)19-11-4-2-1-3-10(11)18-14(19)23-7-12(20)17-9-5-6-24(21,22)8-9/h1-4,9,13H,5-8H2,(H,17,20)/t9-/m1/s1. The molecule has 1 atom stereocenters. The maximum absolute atomic E-state index is 13.3. The van der Waals surface area contributed by atoms with Gasteiger partial charge in [0, 0.05) is 6.04 Å². The van der Waals surface area contributed by atoms with E-state index in [9.17, 15) is 22.0 Å². The van der Waals surface area contributed by atoms with Gasteiger partial charge in [0.2, 0.25) is 5.91 Å². The molecule has 0 bridgehead atoms. The lowest BCUT2D eigenvalue weighted by molar-refractivity contribution is -0.119. The summed E-state index contributed by atoms with van der Waals surface area (Å²) in [6.45, 7) is -2.76. The molecule has 2 heterocycles. The number of benzene rings is 1. The molecular weight excluding hydrogens is 360 g/mol. The van der Waals surface area contributed by atoms with Crippen molar-refractivity contribution in [1.29, 1.82) is 0 Å². The third-order valence-electron chi connectivity index (χ3n) is 3.69. The number of aromatic nitrogens is 2. The van der Waals surface area contributed by atoms with E-state index in [1.807, 2.05) is 0 Å². The van der Waals surface area contributed by atoms with Gasteiger partial charge in [-0.1, -0.05) is 23.9 Å². The average Bonchev–Trinajstić information content (AvgIpc) is 3.04. The number of amides is 1. The van der Waals surface area contributed by atoms with E-state index in [0.717, 1.165) is 16.3 Å². The summed E-state index contributed by atoms with van der Waals surface area (Å²) >= 11 is 0.903. The molecular formula is C14H15F2N3O3S2. The second kappa shape index (κ2) is 6.67. The minimum absolute atomic E-state index is 0.0559. The highest BCUT2D eigenvalue weighted by Crippen LogP contribution is 2.29. The molecule has 6 nitrogen and oxygen atoms in total. The fourth-order valence-corrected chi connectivity index (χ4v) is 5.12. The van der Waals surface area contributed by atoms with Crippen LogP contribution in [0.4, 0.5) is 8.78 Å². The number of alkyl halides is 2. The predicted molar refractivity (Wildman–Crippen MR) is 86.9 cm³/mol. The van der Waals surface area contributed by atoms with Crippen LogP contribution in [0.3, 0.4) is 0 Å². The molecule has 1 aliphatic heterocycles. The first-order chi connectivity index (χ1) is 11.4. The maximum Gasteiger partial charge on any atom is 0.321 e. The second-order valence-corrected chi connectivity index (χ2v) is 8.66. The lowest BCUT2D eigenvalue weighted by atomic mass is 10.3. The van der Waals surface area contributed by atoms with E-state index in [1.54, 1.807) is 24.3 Å². The van der Waals surface area contributed by atoms with E-state index in [2.05, 4.69) is 10.3 Å². The number of thioether (sulfide) groups is 1. The Bertz CT molecular complexity index is 867. The van der Waals surface area contributed by atoms with Crippen LogP contribution in [0.5, 0.6) is 0 Å². The van der Waals surface area contributed by atoms with Gasteiger partial charge >= 0.3 is 6.55 Å². The Morgan fingerprint density at radius 1 is 1.42 bits per heavy atom. The number of hydrogen-bond acceptors (Lipinski definition) is 5. The van der Waals surface area contributed by atoms with Crippen molar-refractivity contribution in [2.45, 2.75) is 24.2 Å². The van der Waals surface area contributed by atoms with Crippen LogP contribution in [-0.4, -0.2) is 47.2 Å². The SMILES string of the molecule is O=C(CSc1nc2ccccc2n1C(F)F)N[C@@H]1CCS(=O)(=O)C1. The topological polar surface area (TPSA) is 81.1 Å². The van der Waals surface area contributed by atoms with Crippen LogP contribution in [0.1, 0.15) is 13.0 Å². The monoisotopic (exact) mass is 375 g/mol. The van der Waals surface area contributed by atoms with Gasteiger partial charge in [-0.25, -0.2) is 13.4 Å². The van der Waals surface area contributed by atoms with Crippen LogP contribution in [0, 0.1) is 0 Å². The Hall–Kier alpha value is -1.68. The van der Waals surface area contributed by atoms with E-state index >= 15 is 0 Å². The van der Waals surface area contributed by atoms with Gasteiger partial charge in [0.05, 0.1) is 28.3 Å². The number of fused-ring (bicyclic) bond motifs is 1. The van der Waals surface area contributed by atoms with Gasteiger partial charge in [-0.15, -0.1) is 0 Å². The maximum atomic E-state index is 13.3. The number of hydrogen-bond donors (Lipinski definition) is 1. The molecule has 10 heteroatoms. The molecule has 1 fully saturated rings. The first-order valence-corrected chi connectivity index (χ1v) is 10.0. The summed E-state index contributed by atoms with van der Waals surface area (Å²) in [5.74, 6) is -0.507. The molecule has 1 N–H and O–H groups in total. The van der Waals surface area contributed by atoms with E-state index in [1.165, 1.54) is 0 Å². The van der Waals surface area contributed by atoms with Crippen molar-refractivity contribution in [2.24, 2.45) is 0 Å². The fraction of sp³-hybridized carbons (Fsp3) is 0.429. The number of imidazole rings is 1. The zero-order valence-corrected chi connectivity index (χ0v) is 14.1. The van der Waals surface area contributed by atoms with Crippen molar-refractivity contribution >= 4 is 38.5 Å². The van der Waals surface area contributed by atoms with E-state index in [0.29, 0.717) is 17.5 Å². The highest BCUT2D eigenvalue weighted by Gasteiger charge is 2.29. The van der Waals surface area contributed by atoms with Crippen molar-refractivity contribution in [3.8, 4) is 0 Å². The number of carbonyl (C=O) groups excluding carboxylic acids is 1. The number of nitrogens with zero attached hydrogens (tertiary/aromatic N) is 2. The summed E-state index contributed by atoms with van der Waals surface area (Å²) in [6.07, 6.45) is 0.383. The van der Waals surface area contributed by atoms with Gasteiger partial charge in [-0.05, 0) is 18.6 Å². The van der Waals surface area contributed by atoms with Crippen LogP contribution in [0.2, 0.25) is 0 Å². The Morgan fingerprint density at radius 3 is 2.83 bits per heavy atom. The zero-order chi connectivity index (χ0) is 17.3. The van der Waals surface area contributed by atoms with Crippen molar-refractivity contribution in [3.63, 3.8) is 0 Å². The number of sulfone groups is 1. The molecule has 3 rings (SSSR count). The summed E-state index contributed by atoms with van der Waals surface area (Å²) in [5.41, 5.74) is 0.736. The average molecular weight is 375 g/mol. The highest BCUT2D eigenvalue weighted by molar-refractivity contribution is 7.99. The normalized spacial score (nSPS) is 19.9. The molecule has 0 spiro atoms. The third kappa shape index (κ3) is 3.69. The molecule has 1 amide bonds. The number of nitrogens with one attached hydrogen (secondary N) is 1. The van der Waals surface area contributed by atoms with Crippen LogP contribution >= 0.6 is 11.8 Å². The van der Waals surface area contributed by atoms with Crippen LogP contribution < -0.4 is 5.32 Å². The second-order valence-electron chi connectivity index (χ2n) is 5.49. The van der Waals surface area contributed by atoms with Gasteiger partial charge in [-0.3, -0.25) is 9.36 Å². The van der Waals surface area contributed by atoms with Gasteiger partial charge in [0.1, 0.15) is 0 Å². The lowest BCUT2D eigenvalue weighted by Gasteiger charge is -2.11. The predicted octanol–water partition coefficient (Wildman–Crippen LogP) is 1.83. The molecule has 2 aromatic rings. The van der Waals surface area contributed by atoms with Crippen LogP contribution in [0.15, 0.2) is 29.4 Å². The molecule has 1 aromatic heterocycles. The highest BCUT2D eigenvalue weighted by atomic mass is 32.2. The van der Waals surface area contributed by atoms with Gasteiger partial charge in [0.15, 0.2) is 15.0 Å². The molecule has 1 saturated heterocycles. The van der Waals surface area contributed by atoms with E-state index in [-0.39, 0.29) is 22.4 Å². The third-order valence-corrected chi connectivity index (χ3v) is 6.41. The molecule has 0 saturated carbocycles. The largest absolute Gasteiger partial charge is 0.352 e. The van der Waals surface area contributed by atoms with Gasteiger partial charge < -0.3 is 5.32 Å². The summed E-state index contributed by atoms with van der Waals surface area (Å²) in [6, 6.07) is 6.11. The molecule has 1 aromatic carbocycles. The number of rotatable bonds is 5. The number of carbonyl (C=O) groups is 1. The van der Waals surface area contributed by atoms with Gasteiger partial charge in [0.25, 0.3) is 0 Å². The lowest BCUT2D eigenvalue weighted by Crippen LogP contribution is -2.36. The smallest absolute Gasteiger partial charge is 0.321 e. The fourth-order valence-electron chi connectivity index (χ4n) is 2.62. The molecule has 24 heavy (non-hydrogen) atoms. The van der Waals surface area contributed by atoms with Crippen molar-refractivity contribution in [1.82, 2.24) is 14.9 Å². The Labute approximate surface area is 141 Å². The van der Waals surface area contributed by atoms with Crippen molar-refractivity contribution in [2.75, 3.05) is 17.3 Å². The number of halogens is 2. The zero-order valence-electron chi connectivity index (χ0n) is 12.5. The van der Waals surface area contributed by atoms with Crippen molar-refractivity contribution < 1.29 is 22.0 Å². The van der Waals surface area contributed by atoms with Crippen LogP contribution in [-0.2, 0) is 14.6 Å². The minimum atomic E-state index is -3.08. The minimum Gasteiger partial charge on any atom is -0.352 e. The summed E-state index contributed by atoms with van der Waals surface area (Å²) < 4.78 is 50.1. The number of para-hydroxylation sites is 2. The summed E-state index contributed by atoms with van der Waals surface area (Å²) in [5, 5.41) is 2.68. The summed E-state index contributed by atoms with van der Waals surface area (Å²) in [7, 11) is -3.08. The summed E-state index contributed by atoms with van der Waals surface area (Å²) in [4.78, 5) is 16.1. The molecule has 1 aliphatic rings. The molecule has 0 unspecified atom stereocenters. The van der Waals surface area contributed by atoms with E-state index < -0.39 is 28.3 Å². The Morgan fingerprint density at radius 2 is 2.17 bits per heavy atom. The Kier molecular flexibility index (Phi) is 4.77.